The number of amidine groups is 1. The lowest BCUT2D eigenvalue weighted by molar-refractivity contribution is 0.357. The number of nitrogens with zero attached hydrogens (tertiary/aromatic N) is 2. The maximum Gasteiger partial charge on any atom is 0.153 e. The van der Waals surface area contributed by atoms with E-state index < -0.39 is 31.8 Å². The lowest BCUT2D eigenvalue weighted by Crippen LogP contribution is -2.46. The molecule has 0 unspecified atom stereocenters. The predicted molar refractivity (Wildman–Crippen MR) is 90.3 cm³/mol. The Balaban J connectivity index is 2.07. The van der Waals surface area contributed by atoms with Crippen LogP contribution in [-0.2, 0) is 0 Å². The van der Waals surface area contributed by atoms with Gasteiger partial charge in [0.05, 0.1) is 11.0 Å². The Morgan fingerprint density at radius 3 is 2.78 bits per heavy atom. The highest BCUT2D eigenvalue weighted by atomic mass is 35.5. The van der Waals surface area contributed by atoms with Gasteiger partial charge in [-0.15, -0.1) is 0 Å². The molecule has 0 amide bonds. The van der Waals surface area contributed by atoms with Crippen LogP contribution in [0.15, 0.2) is 41.4 Å². The van der Waals surface area contributed by atoms with Gasteiger partial charge in [0.2, 0.25) is 0 Å². The van der Waals surface area contributed by atoms with Gasteiger partial charge in [0.1, 0.15) is 23.0 Å². The average molecular weight is 338 g/mol. The molecule has 0 aromatic heterocycles. The Morgan fingerprint density at radius 2 is 1.96 bits per heavy atom. The fourth-order valence-electron chi connectivity index (χ4n) is 2.24. The third-order valence-corrected chi connectivity index (χ3v) is 3.48. The number of halogens is 1. The molecule has 4 rings (SSSR count). The Morgan fingerprint density at radius 1 is 1.17 bits per heavy atom. The number of benzene rings is 2. The zero-order valence-electron chi connectivity index (χ0n) is 19.6. The monoisotopic (exact) mass is 337 g/mol. The minimum atomic E-state index is -3.11. The van der Waals surface area contributed by atoms with Gasteiger partial charge >= 0.3 is 0 Å². The molecule has 1 fully saturated rings. The largest absolute Gasteiger partial charge is 0.508 e. The molecule has 0 saturated carbocycles. The molecule has 6 heteroatoms. The zero-order valence-corrected chi connectivity index (χ0v) is 12.3. The summed E-state index contributed by atoms with van der Waals surface area (Å²) in [6, 6.07) is 8.24. The van der Waals surface area contributed by atoms with Crippen LogP contribution >= 0.6 is 11.6 Å². The van der Waals surface area contributed by atoms with Crippen LogP contribution in [0.4, 0.5) is 5.69 Å². The molecule has 2 aliphatic rings. The van der Waals surface area contributed by atoms with Crippen molar-refractivity contribution in [3.8, 4) is 17.2 Å². The van der Waals surface area contributed by atoms with Crippen molar-refractivity contribution >= 4 is 23.1 Å². The molecule has 2 aliphatic heterocycles. The van der Waals surface area contributed by atoms with Gasteiger partial charge in [-0.1, -0.05) is 11.6 Å². The molecule has 2 N–H and O–H groups in total. The van der Waals surface area contributed by atoms with Crippen molar-refractivity contribution in [1.29, 1.82) is 0 Å². The molecule has 2 heterocycles. The maximum absolute atomic E-state index is 9.87. The number of ether oxygens (including phenoxy) is 1. The summed E-state index contributed by atoms with van der Waals surface area (Å²) in [4.78, 5) is 4.60. The van der Waals surface area contributed by atoms with E-state index >= 15 is 0 Å². The zero-order chi connectivity index (χ0) is 23.0. The number of hydrogen-bond acceptors (Lipinski definition) is 5. The van der Waals surface area contributed by atoms with Gasteiger partial charge in [-0.05, 0) is 30.3 Å². The summed E-state index contributed by atoms with van der Waals surface area (Å²) in [6.07, 6.45) is 0. The molecule has 1 saturated heterocycles. The van der Waals surface area contributed by atoms with E-state index in [2.05, 4.69) is 4.99 Å². The topological polar surface area (TPSA) is 57.1 Å². The molecule has 0 spiro atoms. The second kappa shape index (κ2) is 5.76. The fraction of sp³-hybridized carbons (Fsp3) is 0.235. The lowest BCUT2D eigenvalue weighted by Gasteiger charge is -2.30. The van der Waals surface area contributed by atoms with Gasteiger partial charge in [0, 0.05) is 42.6 Å². The van der Waals surface area contributed by atoms with Crippen molar-refractivity contribution in [2.45, 2.75) is 0 Å². The first-order valence-electron chi connectivity index (χ1n) is 10.7. The number of phenols is 1. The summed E-state index contributed by atoms with van der Waals surface area (Å²) in [7, 11) is 0. The van der Waals surface area contributed by atoms with Crippen LogP contribution in [0.2, 0.25) is 5.02 Å². The Labute approximate surface area is 150 Å². The first-order chi connectivity index (χ1) is 14.2. The molecule has 0 atom stereocenters. The van der Waals surface area contributed by atoms with Gasteiger partial charge in [0.25, 0.3) is 0 Å². The number of hydrogen-bond donors (Lipinski definition) is 2. The van der Waals surface area contributed by atoms with E-state index in [0.29, 0.717) is 4.90 Å². The number of piperazine rings is 1. The lowest BCUT2D eigenvalue weighted by atomic mass is 10.1. The predicted octanol–water partition coefficient (Wildman–Crippen LogP) is 3.13. The van der Waals surface area contributed by atoms with Crippen LogP contribution in [0.3, 0.4) is 0 Å². The molecule has 0 radical (unpaired) electrons. The van der Waals surface area contributed by atoms with Crippen molar-refractivity contribution in [2.24, 2.45) is 4.99 Å². The van der Waals surface area contributed by atoms with Gasteiger partial charge in [-0.25, -0.2) is 4.99 Å². The second-order valence-electron chi connectivity index (χ2n) is 4.76. The van der Waals surface area contributed by atoms with E-state index in [-0.39, 0.29) is 33.5 Å². The van der Waals surface area contributed by atoms with E-state index in [1.54, 1.807) is 5.32 Å². The molecule has 5 nitrogen and oxygen atoms in total. The summed E-state index contributed by atoms with van der Waals surface area (Å²) >= 11 is 6.11. The molecule has 0 bridgehead atoms. The van der Waals surface area contributed by atoms with Crippen molar-refractivity contribution < 1.29 is 20.8 Å². The summed E-state index contributed by atoms with van der Waals surface area (Å²) in [6.45, 7) is -12.2. The van der Waals surface area contributed by atoms with Gasteiger partial charge in [-0.3, -0.25) is 0 Å². The third-order valence-electron chi connectivity index (χ3n) is 3.24. The molecule has 23 heavy (non-hydrogen) atoms. The number of nitrogens with one attached hydrogen (secondary N) is 1. The normalized spacial score (nSPS) is 30.7. The minimum absolute atomic E-state index is 0.00794. The molecular weight excluding hydrogens is 314 g/mol. The maximum atomic E-state index is 9.87. The van der Waals surface area contributed by atoms with Gasteiger partial charge < -0.3 is 20.1 Å². The number of aromatic hydroxyl groups is 1. The fourth-order valence-corrected chi connectivity index (χ4v) is 2.41. The number of rotatable bonds is 0. The second-order valence-corrected chi connectivity index (χ2v) is 5.20. The first kappa shape index (κ1) is 8.04. The van der Waals surface area contributed by atoms with E-state index in [1.807, 2.05) is 0 Å². The number of fused-ring (bicyclic) bond motifs is 2. The van der Waals surface area contributed by atoms with Gasteiger partial charge in [-0.2, -0.15) is 0 Å². The summed E-state index contributed by atoms with van der Waals surface area (Å²) in [5, 5.41) is 11.8. The van der Waals surface area contributed by atoms with Crippen molar-refractivity contribution in [1.82, 2.24) is 10.2 Å². The Bertz CT molecular complexity index is 1080. The van der Waals surface area contributed by atoms with Crippen molar-refractivity contribution in [3.63, 3.8) is 0 Å². The Kier molecular flexibility index (Phi) is 2.01. The summed E-state index contributed by atoms with van der Waals surface area (Å²) < 4.78 is 71.6. The molecule has 2 aromatic rings. The molecule has 2 aromatic carbocycles. The first-order valence-corrected chi connectivity index (χ1v) is 7.04. The van der Waals surface area contributed by atoms with Crippen LogP contribution in [-0.4, -0.2) is 41.8 Å². The van der Waals surface area contributed by atoms with Crippen LogP contribution in [0.1, 0.15) is 16.5 Å². The number of phenolic OH excluding ortho intramolecular Hbond substituents is 1. The SMILES string of the molecule is [2H]C1([2H])NC([2H])([2H])C([2H])([2H])N(C2=Nc3cc(O)ccc3Oc3ccc(Cl)cc32)C1([2H])[2H]. The van der Waals surface area contributed by atoms with E-state index in [1.165, 1.54) is 36.4 Å². The minimum Gasteiger partial charge on any atom is -0.508 e. The van der Waals surface area contributed by atoms with Crippen LogP contribution in [0.5, 0.6) is 17.2 Å². The molecular formula is C17H16ClN3O2. The molecule has 0 aliphatic carbocycles. The Hall–Kier alpha value is -2.24. The highest BCUT2D eigenvalue weighted by molar-refractivity contribution is 6.31. The quantitative estimate of drug-likeness (QED) is 0.775. The average Bonchev–Trinajstić information content (AvgIpc) is 2.76. The molecule has 118 valence electrons. The van der Waals surface area contributed by atoms with Crippen LogP contribution in [0, 0.1) is 0 Å². The van der Waals surface area contributed by atoms with Crippen LogP contribution in [0.25, 0.3) is 0 Å². The number of aliphatic imine (C=N–C) groups is 1. The van der Waals surface area contributed by atoms with Gasteiger partial charge in [0.15, 0.2) is 5.75 Å². The van der Waals surface area contributed by atoms with Crippen molar-refractivity contribution in [2.75, 3.05) is 26.0 Å². The summed E-state index contributed by atoms with van der Waals surface area (Å²) in [5.41, 5.74) is 0.0259. The third kappa shape index (κ3) is 2.73. The standard InChI is InChI=1S/C17H16ClN3O2/c18-11-1-3-15-13(9-11)17(21-7-5-19-6-8-21)20-14-10-12(22)2-4-16(14)23-15/h1-4,9-10,19,22H,5-8H2/i5D2,6D2,7D2,8D2. The van der Waals surface area contributed by atoms with Crippen molar-refractivity contribution in [3.05, 3.63) is 47.0 Å². The van der Waals surface area contributed by atoms with E-state index in [0.717, 1.165) is 0 Å². The summed E-state index contributed by atoms with van der Waals surface area (Å²) in [5.74, 6) is -0.366. The van der Waals surface area contributed by atoms with E-state index in [4.69, 9.17) is 27.3 Å². The smallest absolute Gasteiger partial charge is 0.153 e. The van der Waals surface area contributed by atoms with E-state index in [9.17, 15) is 5.11 Å². The highest BCUT2D eigenvalue weighted by Gasteiger charge is 2.24. The van der Waals surface area contributed by atoms with Crippen LogP contribution < -0.4 is 10.1 Å². The highest BCUT2D eigenvalue weighted by Crippen LogP contribution is 2.40.